The molecule has 6 heteroatoms. The molecule has 55 valence electrons. The average Bonchev–Trinajstić information content (AvgIpc) is 2.38. The molecule has 5 nitrogen and oxygen atoms in total. The van der Waals surface area contributed by atoms with Gasteiger partial charge in [-0.1, -0.05) is 0 Å². The molecular weight excluding hydrogens is 154 g/mol. The van der Waals surface area contributed by atoms with Crippen molar-refractivity contribution >= 4 is 10.0 Å². The molecule has 0 saturated carbocycles. The van der Waals surface area contributed by atoms with Crippen molar-refractivity contribution in [2.45, 2.75) is 6.92 Å². The fourth-order valence-corrected chi connectivity index (χ4v) is 1.07. The number of nitrogens with zero attached hydrogens (tertiary/aromatic N) is 3. The number of aromatic nitrogens is 3. The molecule has 0 aliphatic carbocycles. The van der Waals surface area contributed by atoms with Gasteiger partial charge in [-0.25, -0.2) is 12.4 Å². The number of hydrogen-bond donors (Lipinski definition) is 0. The monoisotopic (exact) mass is 160 g/mol. The van der Waals surface area contributed by atoms with E-state index < -0.39 is 10.0 Å². The van der Waals surface area contributed by atoms with Crippen LogP contribution < -0.4 is 0 Å². The molecule has 1 radical (unpaired) electrons. The Labute approximate surface area is 58.7 Å². The van der Waals surface area contributed by atoms with E-state index in [0.29, 0.717) is 0 Å². The molecule has 0 amide bonds. The van der Waals surface area contributed by atoms with Crippen LogP contribution in [0.3, 0.4) is 0 Å². The molecule has 1 rings (SSSR count). The van der Waals surface area contributed by atoms with Crippen molar-refractivity contribution in [3.63, 3.8) is 0 Å². The molecule has 0 fully saturated rings. The summed E-state index contributed by atoms with van der Waals surface area (Å²) in [4.78, 5) is 0. The van der Waals surface area contributed by atoms with Crippen molar-refractivity contribution in [1.82, 2.24) is 14.2 Å². The molecule has 0 aromatic carbocycles. The van der Waals surface area contributed by atoms with E-state index in [4.69, 9.17) is 0 Å². The van der Waals surface area contributed by atoms with Crippen molar-refractivity contribution in [1.29, 1.82) is 0 Å². The Morgan fingerprint density at radius 3 is 2.80 bits per heavy atom. The molecule has 0 N–H and O–H groups in total. The summed E-state index contributed by atoms with van der Waals surface area (Å²) >= 11 is 0. The van der Waals surface area contributed by atoms with E-state index in [0.717, 1.165) is 10.3 Å². The maximum atomic E-state index is 10.9. The molecule has 1 heterocycles. The summed E-state index contributed by atoms with van der Waals surface area (Å²) in [6.07, 6.45) is 3.31. The summed E-state index contributed by atoms with van der Waals surface area (Å²) in [5, 5.41) is 6.56. The lowest BCUT2D eigenvalue weighted by Crippen LogP contribution is -2.12. The summed E-state index contributed by atoms with van der Waals surface area (Å²) in [6.45, 7) is 1.54. The molecular formula is C4H6N3O2S. The Hall–Kier alpha value is -0.910. The minimum absolute atomic E-state index is 0.0293. The second-order valence-electron chi connectivity index (χ2n) is 1.63. The minimum Gasteiger partial charge on any atom is -0.206 e. The molecule has 10 heavy (non-hydrogen) atoms. The molecule has 0 bridgehead atoms. The van der Waals surface area contributed by atoms with Crippen LogP contribution in [0, 0.1) is 6.33 Å². The number of rotatable bonds is 2. The van der Waals surface area contributed by atoms with E-state index in [9.17, 15) is 8.42 Å². The third-order valence-corrected chi connectivity index (χ3v) is 2.53. The van der Waals surface area contributed by atoms with E-state index >= 15 is 0 Å². The standard InChI is InChI=1S/C4H6N3O2S/c1-2-10(8,9)7-3-5-6-4-7/h3H,2H2,1H3. The average molecular weight is 160 g/mol. The van der Waals surface area contributed by atoms with Crippen molar-refractivity contribution in [3.8, 4) is 0 Å². The molecule has 1 aromatic rings. The van der Waals surface area contributed by atoms with E-state index in [1.54, 1.807) is 6.92 Å². The fourth-order valence-electron chi connectivity index (χ4n) is 0.442. The normalized spacial score (nSPS) is 11.7. The van der Waals surface area contributed by atoms with Crippen LogP contribution in [0.15, 0.2) is 6.33 Å². The van der Waals surface area contributed by atoms with Crippen LogP contribution in [0.2, 0.25) is 0 Å². The van der Waals surface area contributed by atoms with E-state index in [1.807, 2.05) is 0 Å². The molecule has 0 aliphatic heterocycles. The first kappa shape index (κ1) is 7.20. The fraction of sp³-hybridized carbons (Fsp3) is 0.500. The van der Waals surface area contributed by atoms with Crippen LogP contribution in [0.25, 0.3) is 0 Å². The Morgan fingerprint density at radius 1 is 1.70 bits per heavy atom. The quantitative estimate of drug-likeness (QED) is 0.572. The second-order valence-corrected chi connectivity index (χ2v) is 3.76. The molecule has 1 aromatic heterocycles. The first-order chi connectivity index (χ1) is 4.67. The van der Waals surface area contributed by atoms with Crippen LogP contribution in [-0.4, -0.2) is 28.3 Å². The van der Waals surface area contributed by atoms with Crippen molar-refractivity contribution in [2.24, 2.45) is 0 Å². The molecule has 0 aliphatic rings. The van der Waals surface area contributed by atoms with E-state index in [-0.39, 0.29) is 5.75 Å². The Kier molecular flexibility index (Phi) is 1.71. The molecule has 0 atom stereocenters. The van der Waals surface area contributed by atoms with Crippen LogP contribution in [0.1, 0.15) is 6.92 Å². The van der Waals surface area contributed by atoms with Gasteiger partial charge in [0.1, 0.15) is 6.33 Å². The van der Waals surface area contributed by atoms with Gasteiger partial charge in [0.05, 0.1) is 5.75 Å². The van der Waals surface area contributed by atoms with Gasteiger partial charge >= 0.3 is 0 Å². The lowest BCUT2D eigenvalue weighted by Gasteiger charge is -1.96. The summed E-state index contributed by atoms with van der Waals surface area (Å²) in [7, 11) is -3.22. The highest BCUT2D eigenvalue weighted by Crippen LogP contribution is 1.91. The summed E-state index contributed by atoms with van der Waals surface area (Å²) in [6, 6.07) is 0. The van der Waals surface area contributed by atoms with Crippen LogP contribution >= 0.6 is 0 Å². The van der Waals surface area contributed by atoms with Crippen molar-refractivity contribution < 1.29 is 8.42 Å². The van der Waals surface area contributed by atoms with Gasteiger partial charge in [-0.3, -0.25) is 0 Å². The third-order valence-electron chi connectivity index (χ3n) is 1.02. The van der Waals surface area contributed by atoms with Gasteiger partial charge in [0, 0.05) is 0 Å². The lowest BCUT2D eigenvalue weighted by atomic mass is 11.0. The van der Waals surface area contributed by atoms with Gasteiger partial charge < -0.3 is 0 Å². The summed E-state index contributed by atoms with van der Waals surface area (Å²) < 4.78 is 22.7. The zero-order valence-electron chi connectivity index (χ0n) is 5.35. The summed E-state index contributed by atoms with van der Waals surface area (Å²) in [5.74, 6) is 0.0293. The third kappa shape index (κ3) is 1.15. The van der Waals surface area contributed by atoms with Crippen LogP contribution in [0.5, 0.6) is 0 Å². The Balaban J connectivity index is 3.09. The molecule has 0 spiro atoms. The maximum absolute atomic E-state index is 10.9. The maximum Gasteiger partial charge on any atom is 0.241 e. The second kappa shape index (κ2) is 2.37. The number of hydrogen-bond acceptors (Lipinski definition) is 4. The van der Waals surface area contributed by atoms with Gasteiger partial charge in [-0.2, -0.15) is 0 Å². The summed E-state index contributed by atoms with van der Waals surface area (Å²) in [5.41, 5.74) is 0. The van der Waals surface area contributed by atoms with Crippen molar-refractivity contribution in [2.75, 3.05) is 5.75 Å². The predicted octanol–water partition coefficient (Wildman–Crippen LogP) is -0.724. The smallest absolute Gasteiger partial charge is 0.206 e. The topological polar surface area (TPSA) is 64.8 Å². The highest BCUT2D eigenvalue weighted by Gasteiger charge is 2.08. The zero-order valence-corrected chi connectivity index (χ0v) is 6.17. The zero-order chi connectivity index (χ0) is 7.61. The van der Waals surface area contributed by atoms with Crippen LogP contribution in [0.4, 0.5) is 0 Å². The van der Waals surface area contributed by atoms with Crippen molar-refractivity contribution in [3.05, 3.63) is 12.7 Å². The SMILES string of the molecule is CCS(=O)(=O)n1[c]nnc1. The highest BCUT2D eigenvalue weighted by molar-refractivity contribution is 7.89. The molecule has 0 saturated heterocycles. The first-order valence-electron chi connectivity index (χ1n) is 2.68. The van der Waals surface area contributed by atoms with Gasteiger partial charge in [-0.15, -0.1) is 10.2 Å². The van der Waals surface area contributed by atoms with Crippen LogP contribution in [-0.2, 0) is 10.0 Å². The minimum atomic E-state index is -3.22. The van der Waals surface area contributed by atoms with E-state index in [2.05, 4.69) is 16.5 Å². The van der Waals surface area contributed by atoms with Gasteiger partial charge in [0.25, 0.3) is 0 Å². The van der Waals surface area contributed by atoms with Gasteiger partial charge in [0.15, 0.2) is 0 Å². The van der Waals surface area contributed by atoms with Gasteiger partial charge in [0.2, 0.25) is 16.4 Å². The largest absolute Gasteiger partial charge is 0.241 e. The highest BCUT2D eigenvalue weighted by atomic mass is 32.2. The lowest BCUT2D eigenvalue weighted by molar-refractivity contribution is 0.588. The van der Waals surface area contributed by atoms with Gasteiger partial charge in [-0.05, 0) is 6.92 Å². The van der Waals surface area contributed by atoms with E-state index in [1.165, 1.54) is 0 Å². The Bertz CT molecular complexity index is 288. The first-order valence-corrected chi connectivity index (χ1v) is 4.28. The Morgan fingerprint density at radius 2 is 2.40 bits per heavy atom. The molecule has 0 unspecified atom stereocenters. The predicted molar refractivity (Wildman–Crippen MR) is 33.7 cm³/mol.